The second-order valence-electron chi connectivity index (χ2n) is 5.24. The first kappa shape index (κ1) is 19.8. The molecule has 8 nitrogen and oxygen atoms in total. The maximum absolute atomic E-state index is 11.8. The third kappa shape index (κ3) is 6.03. The lowest BCUT2D eigenvalue weighted by Crippen LogP contribution is -2.24. The number of esters is 1. The lowest BCUT2D eigenvalue weighted by atomic mass is 10.2. The summed E-state index contributed by atoms with van der Waals surface area (Å²) >= 11 is 0. The second-order valence-corrected chi connectivity index (χ2v) is 5.24. The summed E-state index contributed by atoms with van der Waals surface area (Å²) in [6.45, 7) is 1.09. The summed E-state index contributed by atoms with van der Waals surface area (Å²) in [5.41, 5.74) is 3.01. The minimum absolute atomic E-state index is 0.216. The Morgan fingerprint density at radius 2 is 1.70 bits per heavy atom. The Morgan fingerprint density at radius 3 is 2.37 bits per heavy atom. The quantitative estimate of drug-likeness (QED) is 0.330. The smallest absolute Gasteiger partial charge is 0.308 e. The van der Waals surface area contributed by atoms with Crippen molar-refractivity contribution in [2.75, 3.05) is 20.8 Å². The van der Waals surface area contributed by atoms with E-state index in [0.29, 0.717) is 28.6 Å². The first-order valence-corrected chi connectivity index (χ1v) is 7.97. The van der Waals surface area contributed by atoms with Crippen molar-refractivity contribution in [3.05, 3.63) is 48.0 Å². The van der Waals surface area contributed by atoms with E-state index in [-0.39, 0.29) is 6.61 Å². The SMILES string of the molecule is COc1ccccc1OCC(=O)NN=Cc1ccc(OC(C)=O)c(OC)c1. The van der Waals surface area contributed by atoms with E-state index < -0.39 is 11.9 Å². The van der Waals surface area contributed by atoms with Crippen LogP contribution in [0.4, 0.5) is 0 Å². The molecular formula is C19H20N2O6. The van der Waals surface area contributed by atoms with Crippen LogP contribution in [0.3, 0.4) is 0 Å². The molecule has 142 valence electrons. The van der Waals surface area contributed by atoms with Gasteiger partial charge in [0.05, 0.1) is 20.4 Å². The summed E-state index contributed by atoms with van der Waals surface area (Å²) in [5, 5.41) is 3.86. The molecule has 0 heterocycles. The van der Waals surface area contributed by atoms with E-state index in [2.05, 4.69) is 10.5 Å². The number of nitrogens with zero attached hydrogens (tertiary/aromatic N) is 1. The second kappa shape index (κ2) is 9.81. The highest BCUT2D eigenvalue weighted by atomic mass is 16.6. The molecule has 0 saturated carbocycles. The number of methoxy groups -OCH3 is 2. The van der Waals surface area contributed by atoms with Crippen LogP contribution in [-0.4, -0.2) is 38.9 Å². The fourth-order valence-corrected chi connectivity index (χ4v) is 2.10. The van der Waals surface area contributed by atoms with Gasteiger partial charge in [-0.15, -0.1) is 0 Å². The van der Waals surface area contributed by atoms with Gasteiger partial charge in [-0.25, -0.2) is 5.43 Å². The minimum atomic E-state index is -0.447. The zero-order valence-electron chi connectivity index (χ0n) is 15.2. The molecule has 0 radical (unpaired) electrons. The molecule has 0 aromatic heterocycles. The number of hydrogen-bond acceptors (Lipinski definition) is 7. The number of amides is 1. The van der Waals surface area contributed by atoms with E-state index in [1.807, 2.05) is 0 Å². The number of benzene rings is 2. The molecule has 27 heavy (non-hydrogen) atoms. The Labute approximate surface area is 156 Å². The van der Waals surface area contributed by atoms with Gasteiger partial charge in [-0.1, -0.05) is 12.1 Å². The van der Waals surface area contributed by atoms with Crippen molar-refractivity contribution in [3.63, 3.8) is 0 Å². The first-order valence-electron chi connectivity index (χ1n) is 7.97. The van der Waals surface area contributed by atoms with Crippen LogP contribution in [-0.2, 0) is 9.59 Å². The highest BCUT2D eigenvalue weighted by Gasteiger charge is 2.08. The fourth-order valence-electron chi connectivity index (χ4n) is 2.10. The van der Waals surface area contributed by atoms with Crippen LogP contribution in [0, 0.1) is 0 Å². The Hall–Kier alpha value is -3.55. The number of ether oxygens (including phenoxy) is 4. The Bertz CT molecular complexity index is 835. The Balaban J connectivity index is 1.90. The minimum Gasteiger partial charge on any atom is -0.493 e. The summed E-state index contributed by atoms with van der Waals surface area (Å²) in [6, 6.07) is 11.9. The van der Waals surface area contributed by atoms with Crippen LogP contribution in [0.5, 0.6) is 23.0 Å². The van der Waals surface area contributed by atoms with Gasteiger partial charge in [-0.05, 0) is 35.9 Å². The average Bonchev–Trinajstić information content (AvgIpc) is 2.67. The lowest BCUT2D eigenvalue weighted by Gasteiger charge is -2.09. The summed E-state index contributed by atoms with van der Waals surface area (Å²) in [6.07, 6.45) is 1.43. The lowest BCUT2D eigenvalue weighted by molar-refractivity contribution is -0.132. The number of carbonyl (C=O) groups excluding carboxylic acids is 2. The Morgan fingerprint density at radius 1 is 1.00 bits per heavy atom. The third-order valence-electron chi connectivity index (χ3n) is 3.27. The van der Waals surface area contributed by atoms with E-state index in [9.17, 15) is 9.59 Å². The molecule has 0 aliphatic heterocycles. The van der Waals surface area contributed by atoms with Crippen molar-refractivity contribution in [3.8, 4) is 23.0 Å². The first-order chi connectivity index (χ1) is 13.0. The van der Waals surface area contributed by atoms with Crippen molar-refractivity contribution in [2.45, 2.75) is 6.92 Å². The molecule has 0 spiro atoms. The molecule has 1 N–H and O–H groups in total. The van der Waals surface area contributed by atoms with E-state index in [1.165, 1.54) is 27.4 Å². The van der Waals surface area contributed by atoms with Crippen LogP contribution < -0.4 is 24.4 Å². The van der Waals surface area contributed by atoms with Crippen molar-refractivity contribution in [2.24, 2.45) is 5.10 Å². The maximum Gasteiger partial charge on any atom is 0.308 e. The number of hydrogen-bond donors (Lipinski definition) is 1. The van der Waals surface area contributed by atoms with Gasteiger partial charge in [0.15, 0.2) is 29.6 Å². The molecule has 0 bridgehead atoms. The van der Waals surface area contributed by atoms with Crippen LogP contribution in [0.25, 0.3) is 0 Å². The van der Waals surface area contributed by atoms with Crippen LogP contribution in [0.1, 0.15) is 12.5 Å². The largest absolute Gasteiger partial charge is 0.493 e. The number of hydrazone groups is 1. The predicted octanol–water partition coefficient (Wildman–Crippen LogP) is 2.16. The van der Waals surface area contributed by atoms with Crippen molar-refractivity contribution < 1.29 is 28.5 Å². The standard InChI is InChI=1S/C19H20N2O6/c1-13(22)27-17-9-8-14(10-18(17)25-3)11-20-21-19(23)12-26-16-7-5-4-6-15(16)24-2/h4-11H,12H2,1-3H3,(H,21,23). The molecule has 8 heteroatoms. The molecule has 0 fully saturated rings. The Kier molecular flexibility index (Phi) is 7.18. The van der Waals surface area contributed by atoms with Gasteiger partial charge in [0.25, 0.3) is 5.91 Å². The van der Waals surface area contributed by atoms with Gasteiger partial charge in [-0.3, -0.25) is 9.59 Å². The van der Waals surface area contributed by atoms with E-state index in [4.69, 9.17) is 18.9 Å². The summed E-state index contributed by atoms with van der Waals surface area (Å²) < 4.78 is 20.7. The maximum atomic E-state index is 11.8. The van der Waals surface area contributed by atoms with Gasteiger partial charge < -0.3 is 18.9 Å². The fraction of sp³-hybridized carbons (Fsp3) is 0.211. The zero-order valence-corrected chi connectivity index (χ0v) is 15.2. The van der Waals surface area contributed by atoms with Crippen molar-refractivity contribution in [1.82, 2.24) is 5.43 Å². The molecule has 0 saturated heterocycles. The van der Waals surface area contributed by atoms with Gasteiger partial charge in [0.2, 0.25) is 0 Å². The number of rotatable bonds is 8. The van der Waals surface area contributed by atoms with Crippen LogP contribution >= 0.6 is 0 Å². The van der Waals surface area contributed by atoms with Crippen molar-refractivity contribution >= 4 is 18.1 Å². The predicted molar refractivity (Wildman–Crippen MR) is 98.5 cm³/mol. The van der Waals surface area contributed by atoms with Gasteiger partial charge >= 0.3 is 5.97 Å². The van der Waals surface area contributed by atoms with E-state index >= 15 is 0 Å². The molecule has 2 rings (SSSR count). The summed E-state index contributed by atoms with van der Waals surface area (Å²) in [5.74, 6) is 0.799. The van der Waals surface area contributed by atoms with E-state index in [1.54, 1.807) is 42.5 Å². The average molecular weight is 372 g/mol. The van der Waals surface area contributed by atoms with Crippen LogP contribution in [0.2, 0.25) is 0 Å². The molecule has 0 unspecified atom stereocenters. The van der Waals surface area contributed by atoms with Crippen molar-refractivity contribution in [1.29, 1.82) is 0 Å². The molecule has 0 atom stereocenters. The number of nitrogens with one attached hydrogen (secondary N) is 1. The number of carbonyl (C=O) groups is 2. The molecule has 2 aromatic carbocycles. The van der Waals surface area contributed by atoms with Gasteiger partial charge in [0.1, 0.15) is 0 Å². The normalized spacial score (nSPS) is 10.3. The summed E-state index contributed by atoms with van der Waals surface area (Å²) in [4.78, 5) is 22.9. The summed E-state index contributed by atoms with van der Waals surface area (Å²) in [7, 11) is 2.98. The molecular weight excluding hydrogens is 352 g/mol. The molecule has 2 aromatic rings. The monoisotopic (exact) mass is 372 g/mol. The third-order valence-corrected chi connectivity index (χ3v) is 3.27. The number of para-hydroxylation sites is 2. The molecule has 0 aliphatic rings. The molecule has 0 aliphatic carbocycles. The highest BCUT2D eigenvalue weighted by Crippen LogP contribution is 2.27. The highest BCUT2D eigenvalue weighted by molar-refractivity contribution is 5.84. The topological polar surface area (TPSA) is 95.5 Å². The van der Waals surface area contributed by atoms with Gasteiger partial charge in [0, 0.05) is 6.92 Å². The molecule has 1 amide bonds. The van der Waals surface area contributed by atoms with E-state index in [0.717, 1.165) is 0 Å². The van der Waals surface area contributed by atoms with Crippen LogP contribution in [0.15, 0.2) is 47.6 Å². The van der Waals surface area contributed by atoms with Gasteiger partial charge in [-0.2, -0.15) is 5.10 Å². The zero-order chi connectivity index (χ0) is 19.6.